The second-order valence-corrected chi connectivity index (χ2v) is 6.39. The Morgan fingerprint density at radius 2 is 1.74 bits per heavy atom. The molecule has 1 aliphatic heterocycles. The van der Waals surface area contributed by atoms with Gasteiger partial charge in [-0.25, -0.2) is 0 Å². The molecule has 0 aromatic carbocycles. The Hall–Kier alpha value is -0.620. The van der Waals surface area contributed by atoms with E-state index in [1.807, 2.05) is 6.08 Å². The van der Waals surface area contributed by atoms with Gasteiger partial charge < -0.3 is 24.8 Å². The maximum atomic E-state index is 9.84. The number of hydrogen-bond donors (Lipinski definition) is 3. The van der Waals surface area contributed by atoms with Gasteiger partial charge in [-0.2, -0.15) is 0 Å². The van der Waals surface area contributed by atoms with Crippen LogP contribution in [0.1, 0.15) is 64.7 Å². The molecule has 0 bridgehead atoms. The first kappa shape index (κ1) is 20.4. The number of hydrogen-bond acceptors (Lipinski definition) is 5. The Morgan fingerprint density at radius 1 is 1.09 bits per heavy atom. The quantitative estimate of drug-likeness (QED) is 0.357. The van der Waals surface area contributed by atoms with Gasteiger partial charge in [0.05, 0.1) is 12.9 Å². The fourth-order valence-electron chi connectivity index (χ4n) is 2.75. The SMILES string of the molecule is CCCCCCCCCC/C=C/OC[C@H](O)[C@H]1OC[C@@H](O)[C@H]1O. The fourth-order valence-corrected chi connectivity index (χ4v) is 2.75. The van der Waals surface area contributed by atoms with E-state index in [-0.39, 0.29) is 13.2 Å². The molecule has 1 heterocycles. The van der Waals surface area contributed by atoms with Gasteiger partial charge >= 0.3 is 0 Å². The highest BCUT2D eigenvalue weighted by atomic mass is 16.5. The third-order valence-electron chi connectivity index (χ3n) is 4.25. The van der Waals surface area contributed by atoms with Crippen LogP contribution in [0, 0.1) is 0 Å². The van der Waals surface area contributed by atoms with Gasteiger partial charge in [0.2, 0.25) is 0 Å². The van der Waals surface area contributed by atoms with E-state index < -0.39 is 24.4 Å². The molecule has 5 heteroatoms. The minimum atomic E-state index is -1.05. The Kier molecular flexibility index (Phi) is 11.3. The van der Waals surface area contributed by atoms with Gasteiger partial charge in [0.15, 0.2) is 0 Å². The molecule has 0 aromatic rings. The van der Waals surface area contributed by atoms with E-state index in [1.54, 1.807) is 6.26 Å². The normalized spacial score (nSPS) is 26.0. The summed E-state index contributed by atoms with van der Waals surface area (Å²) in [6.07, 6.45) is 11.3. The van der Waals surface area contributed by atoms with Crippen LogP contribution in [0.4, 0.5) is 0 Å². The predicted molar refractivity (Wildman–Crippen MR) is 90.1 cm³/mol. The molecule has 1 fully saturated rings. The Bertz CT molecular complexity index is 308. The topological polar surface area (TPSA) is 79.2 Å². The van der Waals surface area contributed by atoms with Crippen molar-refractivity contribution in [1.82, 2.24) is 0 Å². The van der Waals surface area contributed by atoms with Crippen LogP contribution in [0.15, 0.2) is 12.3 Å². The first-order chi connectivity index (χ1) is 11.2. The van der Waals surface area contributed by atoms with Crippen LogP contribution in [0.5, 0.6) is 0 Å². The highest BCUT2D eigenvalue weighted by molar-refractivity contribution is 4.88. The van der Waals surface area contributed by atoms with Crippen molar-refractivity contribution in [2.75, 3.05) is 13.2 Å². The first-order valence-electron chi connectivity index (χ1n) is 9.09. The molecule has 1 saturated heterocycles. The molecule has 3 N–H and O–H groups in total. The summed E-state index contributed by atoms with van der Waals surface area (Å²) in [5, 5.41) is 28.8. The lowest BCUT2D eigenvalue weighted by atomic mass is 10.1. The Labute approximate surface area is 140 Å². The summed E-state index contributed by atoms with van der Waals surface area (Å²) >= 11 is 0. The molecular formula is C18H34O5. The third kappa shape index (κ3) is 8.70. The van der Waals surface area contributed by atoms with Gasteiger partial charge in [-0.3, -0.25) is 0 Å². The molecule has 5 nitrogen and oxygen atoms in total. The van der Waals surface area contributed by atoms with Crippen LogP contribution >= 0.6 is 0 Å². The van der Waals surface area contributed by atoms with E-state index in [4.69, 9.17) is 9.47 Å². The van der Waals surface area contributed by atoms with Gasteiger partial charge in [-0.05, 0) is 18.9 Å². The van der Waals surface area contributed by atoms with Crippen LogP contribution in [0.25, 0.3) is 0 Å². The molecule has 0 aliphatic carbocycles. The molecule has 0 aromatic heterocycles. The first-order valence-corrected chi connectivity index (χ1v) is 9.09. The van der Waals surface area contributed by atoms with E-state index in [1.165, 1.54) is 44.9 Å². The van der Waals surface area contributed by atoms with Crippen molar-refractivity contribution in [3.8, 4) is 0 Å². The van der Waals surface area contributed by atoms with Crippen molar-refractivity contribution in [2.24, 2.45) is 0 Å². The molecule has 23 heavy (non-hydrogen) atoms. The largest absolute Gasteiger partial charge is 0.499 e. The van der Waals surface area contributed by atoms with Crippen molar-refractivity contribution in [2.45, 2.75) is 89.1 Å². The summed E-state index contributed by atoms with van der Waals surface area (Å²) in [6.45, 7) is 2.35. The maximum absolute atomic E-state index is 9.84. The highest BCUT2D eigenvalue weighted by Crippen LogP contribution is 2.17. The fraction of sp³-hybridized carbons (Fsp3) is 0.889. The lowest BCUT2D eigenvalue weighted by Gasteiger charge is -2.20. The standard InChI is InChI=1S/C18H34O5/c1-2-3-4-5-6-7-8-9-10-11-12-22-13-16(20)18-17(21)15(19)14-23-18/h11-12,15-21H,2-10,13-14H2,1H3/b12-11+/t15-,16+,17-,18-/m1/s1. The maximum Gasteiger partial charge on any atom is 0.117 e. The second-order valence-electron chi connectivity index (χ2n) is 6.39. The number of rotatable bonds is 13. The second kappa shape index (κ2) is 12.8. The van der Waals surface area contributed by atoms with Crippen LogP contribution < -0.4 is 0 Å². The van der Waals surface area contributed by atoms with Gasteiger partial charge in [-0.15, -0.1) is 0 Å². The van der Waals surface area contributed by atoms with E-state index in [2.05, 4.69) is 6.92 Å². The number of ether oxygens (including phenoxy) is 2. The highest BCUT2D eigenvalue weighted by Gasteiger charge is 2.39. The van der Waals surface area contributed by atoms with E-state index in [9.17, 15) is 15.3 Å². The van der Waals surface area contributed by atoms with Crippen LogP contribution in [-0.4, -0.2) is 52.9 Å². The van der Waals surface area contributed by atoms with Crippen LogP contribution in [0.2, 0.25) is 0 Å². The molecule has 136 valence electrons. The summed E-state index contributed by atoms with van der Waals surface area (Å²) in [5.74, 6) is 0. The van der Waals surface area contributed by atoms with Crippen molar-refractivity contribution < 1.29 is 24.8 Å². The Balaban J connectivity index is 1.92. The Morgan fingerprint density at radius 3 is 2.35 bits per heavy atom. The molecule has 0 unspecified atom stereocenters. The van der Waals surface area contributed by atoms with Gasteiger partial charge in [0.25, 0.3) is 0 Å². The van der Waals surface area contributed by atoms with Crippen LogP contribution in [-0.2, 0) is 9.47 Å². The third-order valence-corrected chi connectivity index (χ3v) is 4.25. The minimum Gasteiger partial charge on any atom is -0.499 e. The lowest BCUT2D eigenvalue weighted by Crippen LogP contribution is -2.40. The van der Waals surface area contributed by atoms with Crippen molar-refractivity contribution in [3.05, 3.63) is 12.3 Å². The van der Waals surface area contributed by atoms with Gasteiger partial charge in [0.1, 0.15) is 31.0 Å². The molecule has 0 radical (unpaired) electrons. The molecule has 1 aliphatic rings. The zero-order valence-electron chi connectivity index (χ0n) is 14.4. The summed E-state index contributed by atoms with van der Waals surface area (Å²) < 4.78 is 10.4. The molecule has 0 amide bonds. The lowest BCUT2D eigenvalue weighted by molar-refractivity contribution is -0.0703. The van der Waals surface area contributed by atoms with E-state index in [0.29, 0.717) is 0 Å². The molecule has 0 spiro atoms. The minimum absolute atomic E-state index is 0.0528. The van der Waals surface area contributed by atoms with E-state index >= 15 is 0 Å². The molecule has 0 saturated carbocycles. The number of allylic oxidation sites excluding steroid dienone is 1. The summed E-state index contributed by atoms with van der Waals surface area (Å²) in [6, 6.07) is 0. The van der Waals surface area contributed by atoms with Crippen molar-refractivity contribution in [1.29, 1.82) is 0 Å². The zero-order valence-corrected chi connectivity index (χ0v) is 14.4. The van der Waals surface area contributed by atoms with Gasteiger partial charge in [0, 0.05) is 0 Å². The molecule has 1 rings (SSSR count). The average Bonchev–Trinajstić information content (AvgIpc) is 2.88. The van der Waals surface area contributed by atoms with Crippen molar-refractivity contribution in [3.63, 3.8) is 0 Å². The number of unbranched alkanes of at least 4 members (excludes halogenated alkanes) is 8. The monoisotopic (exact) mass is 330 g/mol. The summed E-state index contributed by atoms with van der Waals surface area (Å²) in [7, 11) is 0. The smallest absolute Gasteiger partial charge is 0.117 e. The molecule has 4 atom stereocenters. The van der Waals surface area contributed by atoms with Crippen molar-refractivity contribution >= 4 is 0 Å². The van der Waals surface area contributed by atoms with Gasteiger partial charge in [-0.1, -0.05) is 51.9 Å². The van der Waals surface area contributed by atoms with Crippen LogP contribution in [0.3, 0.4) is 0 Å². The molecular weight excluding hydrogens is 296 g/mol. The average molecular weight is 330 g/mol. The predicted octanol–water partition coefficient (Wildman–Crippen LogP) is 2.53. The summed E-state index contributed by atoms with van der Waals surface area (Å²) in [5.41, 5.74) is 0. The number of aliphatic hydroxyl groups is 3. The number of aliphatic hydroxyl groups excluding tert-OH is 3. The summed E-state index contributed by atoms with van der Waals surface area (Å²) in [4.78, 5) is 0. The zero-order chi connectivity index (χ0) is 16.9. The van der Waals surface area contributed by atoms with E-state index in [0.717, 1.165) is 12.8 Å².